The Kier molecular flexibility index (Phi) is 5.41. The van der Waals surface area contributed by atoms with Gasteiger partial charge in [0.2, 0.25) is 0 Å². The maximum atomic E-state index is 12.1. The van der Waals surface area contributed by atoms with Crippen molar-refractivity contribution in [2.24, 2.45) is 5.92 Å². The van der Waals surface area contributed by atoms with Crippen LogP contribution in [0, 0.1) is 5.92 Å². The first-order valence-corrected chi connectivity index (χ1v) is 7.31. The zero-order chi connectivity index (χ0) is 14.4. The molecule has 5 heteroatoms. The van der Waals surface area contributed by atoms with E-state index in [1.165, 1.54) is 6.42 Å². The van der Waals surface area contributed by atoms with Crippen molar-refractivity contribution >= 4 is 23.5 Å². The van der Waals surface area contributed by atoms with Crippen molar-refractivity contribution in [1.29, 1.82) is 0 Å². The highest BCUT2D eigenvalue weighted by Gasteiger charge is 2.24. The topological polar surface area (TPSA) is 52.6 Å². The van der Waals surface area contributed by atoms with Gasteiger partial charge in [0.1, 0.15) is 5.88 Å². The van der Waals surface area contributed by atoms with Crippen LogP contribution in [0.5, 0.6) is 11.5 Å². The lowest BCUT2D eigenvalue weighted by atomic mass is 9.89. The van der Waals surface area contributed by atoms with Crippen molar-refractivity contribution in [3.05, 3.63) is 24.3 Å². The molecule has 0 saturated heterocycles. The maximum Gasteiger partial charge on any atom is 0.326 e. The van der Waals surface area contributed by atoms with Gasteiger partial charge in [0, 0.05) is 0 Å². The number of para-hydroxylation sites is 2. The lowest BCUT2D eigenvalue weighted by molar-refractivity contribution is -0.140. The largest absolute Gasteiger partial charge is 0.422 e. The van der Waals surface area contributed by atoms with Crippen molar-refractivity contribution in [2.45, 2.75) is 32.1 Å². The summed E-state index contributed by atoms with van der Waals surface area (Å²) in [6.45, 7) is 0. The second-order valence-corrected chi connectivity index (χ2v) is 5.08. The predicted molar refractivity (Wildman–Crippen MR) is 75.0 cm³/mol. The van der Waals surface area contributed by atoms with Gasteiger partial charge in [-0.3, -0.25) is 9.59 Å². The van der Waals surface area contributed by atoms with E-state index in [1.807, 2.05) is 0 Å². The van der Waals surface area contributed by atoms with Gasteiger partial charge in [-0.2, -0.15) is 0 Å². The summed E-state index contributed by atoms with van der Waals surface area (Å²) in [7, 11) is 0. The van der Waals surface area contributed by atoms with Gasteiger partial charge in [0.15, 0.2) is 11.5 Å². The molecule has 20 heavy (non-hydrogen) atoms. The van der Waals surface area contributed by atoms with Crippen molar-refractivity contribution in [2.75, 3.05) is 5.88 Å². The predicted octanol–water partition coefficient (Wildman–Crippen LogP) is 3.32. The molecule has 1 aliphatic rings. The fraction of sp³-hybridized carbons (Fsp3) is 0.467. The highest BCUT2D eigenvalue weighted by atomic mass is 35.5. The first kappa shape index (κ1) is 14.9. The number of ether oxygens (including phenoxy) is 2. The highest BCUT2D eigenvalue weighted by molar-refractivity contribution is 6.26. The minimum atomic E-state index is -0.576. The molecule has 4 nitrogen and oxygen atoms in total. The summed E-state index contributed by atoms with van der Waals surface area (Å²) < 4.78 is 10.4. The van der Waals surface area contributed by atoms with Crippen molar-refractivity contribution in [3.63, 3.8) is 0 Å². The van der Waals surface area contributed by atoms with Gasteiger partial charge in [-0.25, -0.2) is 0 Å². The zero-order valence-corrected chi connectivity index (χ0v) is 11.9. The Labute approximate surface area is 123 Å². The van der Waals surface area contributed by atoms with E-state index in [4.69, 9.17) is 21.1 Å². The molecule has 0 aromatic heterocycles. The fourth-order valence-corrected chi connectivity index (χ4v) is 2.35. The zero-order valence-electron chi connectivity index (χ0n) is 11.1. The number of halogens is 1. The lowest BCUT2D eigenvalue weighted by Gasteiger charge is -2.20. The minimum absolute atomic E-state index is 0.0551. The van der Waals surface area contributed by atoms with E-state index in [0.717, 1.165) is 25.7 Å². The minimum Gasteiger partial charge on any atom is -0.422 e. The number of rotatable bonds is 4. The van der Waals surface area contributed by atoms with Gasteiger partial charge in [-0.1, -0.05) is 31.4 Å². The summed E-state index contributed by atoms with van der Waals surface area (Å²) in [5, 5.41) is 0. The molecular weight excluding hydrogens is 280 g/mol. The number of esters is 2. The highest BCUT2D eigenvalue weighted by Crippen LogP contribution is 2.30. The Morgan fingerprint density at radius 1 is 1.05 bits per heavy atom. The van der Waals surface area contributed by atoms with E-state index < -0.39 is 5.97 Å². The Bertz CT molecular complexity index is 481. The molecule has 0 amide bonds. The van der Waals surface area contributed by atoms with Crippen LogP contribution in [-0.2, 0) is 9.59 Å². The summed E-state index contributed by atoms with van der Waals surface area (Å²) in [6.07, 6.45) is 5.02. The molecular formula is C15H17ClO4. The van der Waals surface area contributed by atoms with Crippen LogP contribution >= 0.6 is 11.6 Å². The normalized spacial score (nSPS) is 15.7. The van der Waals surface area contributed by atoms with Crippen LogP contribution in [-0.4, -0.2) is 17.8 Å². The van der Waals surface area contributed by atoms with Crippen molar-refractivity contribution in [3.8, 4) is 11.5 Å². The first-order valence-electron chi connectivity index (χ1n) is 6.78. The molecule has 2 rings (SSSR count). The number of carbonyl (C=O) groups is 2. The number of benzene rings is 1. The van der Waals surface area contributed by atoms with Crippen LogP contribution in [0.3, 0.4) is 0 Å². The van der Waals surface area contributed by atoms with Crippen LogP contribution in [0.15, 0.2) is 24.3 Å². The Hall–Kier alpha value is -1.55. The molecule has 0 heterocycles. The summed E-state index contributed by atoms with van der Waals surface area (Å²) in [6, 6.07) is 6.61. The van der Waals surface area contributed by atoms with Gasteiger partial charge < -0.3 is 9.47 Å². The maximum absolute atomic E-state index is 12.1. The second-order valence-electron chi connectivity index (χ2n) is 4.81. The summed E-state index contributed by atoms with van der Waals surface area (Å²) >= 11 is 5.40. The molecule has 0 spiro atoms. The number of hydrogen-bond acceptors (Lipinski definition) is 4. The molecule has 108 valence electrons. The van der Waals surface area contributed by atoms with E-state index in [0.29, 0.717) is 0 Å². The quantitative estimate of drug-likeness (QED) is 0.486. The van der Waals surface area contributed by atoms with Crippen molar-refractivity contribution < 1.29 is 19.1 Å². The van der Waals surface area contributed by atoms with Gasteiger partial charge in [-0.05, 0) is 25.0 Å². The van der Waals surface area contributed by atoms with Crippen LogP contribution in [0.4, 0.5) is 0 Å². The monoisotopic (exact) mass is 296 g/mol. The van der Waals surface area contributed by atoms with Gasteiger partial charge in [0.25, 0.3) is 0 Å². The van der Waals surface area contributed by atoms with Crippen LogP contribution in [0.2, 0.25) is 0 Å². The van der Waals surface area contributed by atoms with Gasteiger partial charge >= 0.3 is 11.9 Å². The van der Waals surface area contributed by atoms with Crippen molar-refractivity contribution in [1.82, 2.24) is 0 Å². The molecule has 0 bridgehead atoms. The van der Waals surface area contributed by atoms with Crippen LogP contribution in [0.25, 0.3) is 0 Å². The standard InChI is InChI=1S/C15H17ClO4/c16-10-14(17)19-12-8-4-5-9-13(12)20-15(18)11-6-2-1-3-7-11/h4-5,8-9,11H,1-3,6-7,10H2. The molecule has 1 aromatic carbocycles. The van der Waals surface area contributed by atoms with E-state index >= 15 is 0 Å². The molecule has 1 fully saturated rings. The molecule has 1 saturated carbocycles. The summed E-state index contributed by atoms with van der Waals surface area (Å²) in [5.41, 5.74) is 0. The van der Waals surface area contributed by atoms with Gasteiger partial charge in [0.05, 0.1) is 5.92 Å². The Morgan fingerprint density at radius 2 is 1.65 bits per heavy atom. The smallest absolute Gasteiger partial charge is 0.326 e. The number of carbonyl (C=O) groups excluding carboxylic acids is 2. The molecule has 0 unspecified atom stereocenters. The Balaban J connectivity index is 2.04. The molecule has 0 N–H and O–H groups in total. The average Bonchev–Trinajstić information content (AvgIpc) is 2.50. The van der Waals surface area contributed by atoms with E-state index in [-0.39, 0.29) is 29.3 Å². The fourth-order valence-electron chi connectivity index (χ4n) is 2.30. The number of hydrogen-bond donors (Lipinski definition) is 0. The molecule has 0 atom stereocenters. The third-order valence-electron chi connectivity index (χ3n) is 3.33. The third kappa shape index (κ3) is 3.97. The second kappa shape index (κ2) is 7.29. The molecule has 0 radical (unpaired) electrons. The van der Waals surface area contributed by atoms with E-state index in [1.54, 1.807) is 24.3 Å². The van der Waals surface area contributed by atoms with E-state index in [2.05, 4.69) is 0 Å². The summed E-state index contributed by atoms with van der Waals surface area (Å²) in [4.78, 5) is 23.3. The molecule has 1 aromatic rings. The van der Waals surface area contributed by atoms with Crippen LogP contribution < -0.4 is 9.47 Å². The van der Waals surface area contributed by atoms with Crippen LogP contribution in [0.1, 0.15) is 32.1 Å². The Morgan fingerprint density at radius 3 is 2.25 bits per heavy atom. The SMILES string of the molecule is O=C(CCl)Oc1ccccc1OC(=O)C1CCCCC1. The number of alkyl halides is 1. The average molecular weight is 297 g/mol. The first-order chi connectivity index (χ1) is 9.70. The molecule has 1 aliphatic carbocycles. The summed E-state index contributed by atoms with van der Waals surface area (Å²) in [5.74, 6) is -0.637. The van der Waals surface area contributed by atoms with Gasteiger partial charge in [-0.15, -0.1) is 11.6 Å². The van der Waals surface area contributed by atoms with E-state index in [9.17, 15) is 9.59 Å². The molecule has 0 aliphatic heterocycles. The third-order valence-corrected chi connectivity index (χ3v) is 3.55. The lowest BCUT2D eigenvalue weighted by Crippen LogP contribution is -2.23.